The first kappa shape index (κ1) is 16.4. The fourth-order valence-electron chi connectivity index (χ4n) is 2.48. The van der Waals surface area contributed by atoms with E-state index in [0.717, 1.165) is 18.8 Å². The quantitative estimate of drug-likeness (QED) is 0.493. The van der Waals surface area contributed by atoms with Crippen LogP contribution in [0, 0.1) is 5.92 Å². The number of hydrazine groups is 1. The maximum Gasteiger partial charge on any atom is 0.137 e. The highest BCUT2D eigenvalue weighted by Crippen LogP contribution is 2.17. The summed E-state index contributed by atoms with van der Waals surface area (Å²) >= 11 is 4.62. The largest absolute Gasteiger partial charge is 0.372 e. The van der Waals surface area contributed by atoms with E-state index in [0.29, 0.717) is 5.92 Å². The van der Waals surface area contributed by atoms with E-state index in [2.05, 4.69) is 60.3 Å². The molecule has 2 unspecified atom stereocenters. The average molecular weight is 284 g/mol. The summed E-state index contributed by atoms with van der Waals surface area (Å²) in [4.78, 5) is 2.09. The molecule has 0 aromatic heterocycles. The van der Waals surface area contributed by atoms with Gasteiger partial charge in [-0.15, -0.1) is 12.6 Å². The van der Waals surface area contributed by atoms with Gasteiger partial charge in [0.1, 0.15) is 5.50 Å². The van der Waals surface area contributed by atoms with Crippen molar-refractivity contribution < 1.29 is 0 Å². The second-order valence-electron chi connectivity index (χ2n) is 5.39. The Morgan fingerprint density at radius 1 is 1.47 bits per heavy atom. The van der Waals surface area contributed by atoms with Crippen LogP contribution < -0.4 is 10.7 Å². The zero-order chi connectivity index (χ0) is 14.4. The van der Waals surface area contributed by atoms with Gasteiger partial charge in [0.25, 0.3) is 0 Å². The maximum absolute atomic E-state index is 4.62. The molecule has 1 fully saturated rings. The van der Waals surface area contributed by atoms with Crippen molar-refractivity contribution in [1.29, 1.82) is 0 Å². The van der Waals surface area contributed by atoms with Crippen molar-refractivity contribution in [3.8, 4) is 0 Å². The first-order valence-corrected chi connectivity index (χ1v) is 7.47. The molecule has 4 nitrogen and oxygen atoms in total. The molecule has 2 atom stereocenters. The van der Waals surface area contributed by atoms with E-state index < -0.39 is 0 Å². The molecule has 0 saturated carbocycles. The second kappa shape index (κ2) is 7.82. The first-order chi connectivity index (χ1) is 8.97. The Morgan fingerprint density at radius 2 is 2.16 bits per heavy atom. The van der Waals surface area contributed by atoms with Gasteiger partial charge in [-0.1, -0.05) is 27.0 Å². The van der Waals surface area contributed by atoms with Crippen LogP contribution >= 0.6 is 12.6 Å². The molecule has 0 aliphatic carbocycles. The molecule has 0 bridgehead atoms. The molecule has 1 rings (SSSR count). The van der Waals surface area contributed by atoms with Crippen molar-refractivity contribution in [1.82, 2.24) is 20.7 Å². The Bertz CT molecular complexity index is 300. The molecular weight excluding hydrogens is 256 g/mol. The van der Waals surface area contributed by atoms with E-state index in [9.17, 15) is 0 Å². The molecular formula is C14H28N4S. The van der Waals surface area contributed by atoms with Gasteiger partial charge in [0, 0.05) is 25.8 Å². The summed E-state index contributed by atoms with van der Waals surface area (Å²) in [5.74, 6) is 0.456. The van der Waals surface area contributed by atoms with Crippen molar-refractivity contribution in [3.05, 3.63) is 25.1 Å². The second-order valence-corrected chi connectivity index (χ2v) is 5.88. The number of hydrogen-bond donors (Lipinski definition) is 3. The molecule has 1 aliphatic rings. The molecule has 1 aliphatic heterocycles. The highest BCUT2D eigenvalue weighted by Gasteiger charge is 2.23. The summed E-state index contributed by atoms with van der Waals surface area (Å²) < 4.78 is 0. The molecule has 19 heavy (non-hydrogen) atoms. The van der Waals surface area contributed by atoms with Crippen LogP contribution in [0.5, 0.6) is 0 Å². The third-order valence-electron chi connectivity index (χ3n) is 3.47. The van der Waals surface area contributed by atoms with Crippen molar-refractivity contribution in [2.45, 2.75) is 38.2 Å². The maximum atomic E-state index is 4.62. The Morgan fingerprint density at radius 3 is 2.63 bits per heavy atom. The van der Waals surface area contributed by atoms with Gasteiger partial charge in [0.05, 0.1) is 6.04 Å². The fourth-order valence-corrected chi connectivity index (χ4v) is 2.84. The zero-order valence-electron chi connectivity index (χ0n) is 12.4. The average Bonchev–Trinajstić information content (AvgIpc) is 2.39. The zero-order valence-corrected chi connectivity index (χ0v) is 13.3. The molecule has 2 N–H and O–H groups in total. The van der Waals surface area contributed by atoms with Crippen LogP contribution in [0.3, 0.4) is 0 Å². The van der Waals surface area contributed by atoms with E-state index in [1.807, 2.05) is 13.2 Å². The van der Waals surface area contributed by atoms with Gasteiger partial charge in [0.2, 0.25) is 0 Å². The predicted octanol–water partition coefficient (Wildman–Crippen LogP) is 2.00. The molecule has 0 spiro atoms. The minimum atomic E-state index is -0.0488. The minimum absolute atomic E-state index is 0.0488. The monoisotopic (exact) mass is 284 g/mol. The predicted molar refractivity (Wildman–Crippen MR) is 85.6 cm³/mol. The smallest absolute Gasteiger partial charge is 0.137 e. The highest BCUT2D eigenvalue weighted by molar-refractivity contribution is 7.80. The normalized spacial score (nSPS) is 19.8. The summed E-state index contributed by atoms with van der Waals surface area (Å²) in [6, 6.07) is 0.219. The summed E-state index contributed by atoms with van der Waals surface area (Å²) in [6.45, 7) is 14.4. The lowest BCUT2D eigenvalue weighted by molar-refractivity contribution is 0.124. The number of rotatable bonds is 7. The summed E-state index contributed by atoms with van der Waals surface area (Å²) in [5, 5.41) is 5.52. The highest BCUT2D eigenvalue weighted by atomic mass is 32.1. The standard InChI is InChI=1S/C14H28N4S/c1-6-17(5)13(11(2)3)12(4)16-14(19)18-10-8-7-9-15-18/h6,11,13-16,19H,1,4,7-10H2,2-3,5H3. The number of hydrogen-bond acceptors (Lipinski definition) is 5. The molecule has 0 aromatic rings. The molecule has 5 heteroatoms. The number of nitrogens with zero attached hydrogens (tertiary/aromatic N) is 2. The molecule has 1 saturated heterocycles. The van der Waals surface area contributed by atoms with Crippen molar-refractivity contribution in [2.24, 2.45) is 5.92 Å². The van der Waals surface area contributed by atoms with Gasteiger partial charge in [-0.3, -0.25) is 5.43 Å². The molecule has 0 radical (unpaired) electrons. The van der Waals surface area contributed by atoms with Gasteiger partial charge in [-0.2, -0.15) is 0 Å². The van der Waals surface area contributed by atoms with Crippen molar-refractivity contribution in [2.75, 3.05) is 20.1 Å². The Balaban J connectivity index is 2.57. The lowest BCUT2D eigenvalue weighted by Crippen LogP contribution is -2.54. The lowest BCUT2D eigenvalue weighted by atomic mass is 10.0. The summed E-state index contributed by atoms with van der Waals surface area (Å²) in [5.41, 5.74) is 4.28. The van der Waals surface area contributed by atoms with Crippen LogP contribution in [0.25, 0.3) is 0 Å². The SMILES string of the molecule is C=CN(C)C(C(=C)NC(S)N1CCCCN1)C(C)C. The Hall–Kier alpha value is -0.650. The Kier molecular flexibility index (Phi) is 6.75. The van der Waals surface area contributed by atoms with Gasteiger partial charge >= 0.3 is 0 Å². The van der Waals surface area contributed by atoms with Crippen LogP contribution in [0.2, 0.25) is 0 Å². The topological polar surface area (TPSA) is 30.5 Å². The van der Waals surface area contributed by atoms with Crippen molar-refractivity contribution >= 4 is 12.6 Å². The Labute approximate surface area is 123 Å². The van der Waals surface area contributed by atoms with Gasteiger partial charge < -0.3 is 10.2 Å². The van der Waals surface area contributed by atoms with Gasteiger partial charge in [0.15, 0.2) is 0 Å². The molecule has 0 amide bonds. The van der Waals surface area contributed by atoms with Crippen molar-refractivity contribution in [3.63, 3.8) is 0 Å². The van der Waals surface area contributed by atoms with E-state index in [-0.39, 0.29) is 11.5 Å². The van der Waals surface area contributed by atoms with Gasteiger partial charge in [-0.05, 0) is 25.0 Å². The van der Waals surface area contributed by atoms with E-state index in [1.165, 1.54) is 12.8 Å². The van der Waals surface area contributed by atoms with E-state index >= 15 is 0 Å². The van der Waals surface area contributed by atoms with Crippen LogP contribution in [-0.4, -0.2) is 41.6 Å². The number of likely N-dealkylation sites (N-methyl/N-ethyl adjacent to an activating group) is 1. The van der Waals surface area contributed by atoms with E-state index in [4.69, 9.17) is 0 Å². The molecule has 0 aromatic carbocycles. The first-order valence-electron chi connectivity index (χ1n) is 6.95. The van der Waals surface area contributed by atoms with Gasteiger partial charge in [-0.25, -0.2) is 5.01 Å². The minimum Gasteiger partial charge on any atom is -0.372 e. The van der Waals surface area contributed by atoms with Crippen LogP contribution in [-0.2, 0) is 0 Å². The van der Waals surface area contributed by atoms with E-state index in [1.54, 1.807) is 0 Å². The lowest BCUT2D eigenvalue weighted by Gasteiger charge is -2.37. The van der Waals surface area contributed by atoms with Crippen LogP contribution in [0.4, 0.5) is 0 Å². The third-order valence-corrected chi connectivity index (χ3v) is 3.87. The van der Waals surface area contributed by atoms with Crippen LogP contribution in [0.15, 0.2) is 25.1 Å². The molecule has 110 valence electrons. The number of nitrogens with one attached hydrogen (secondary N) is 2. The van der Waals surface area contributed by atoms with Crippen LogP contribution in [0.1, 0.15) is 26.7 Å². The fraction of sp³-hybridized carbons (Fsp3) is 0.714. The molecule has 1 heterocycles. The summed E-state index contributed by atoms with van der Waals surface area (Å²) in [7, 11) is 2.02. The summed E-state index contributed by atoms with van der Waals surface area (Å²) in [6.07, 6.45) is 4.27. The number of thiol groups is 1. The third kappa shape index (κ3) is 4.75.